The van der Waals surface area contributed by atoms with Crippen molar-refractivity contribution in [2.75, 3.05) is 32.9 Å². The van der Waals surface area contributed by atoms with Crippen LogP contribution in [0.3, 0.4) is 0 Å². The van der Waals surface area contributed by atoms with Crippen LogP contribution in [0.2, 0.25) is 0 Å². The van der Waals surface area contributed by atoms with Crippen molar-refractivity contribution in [3.8, 4) is 0 Å². The van der Waals surface area contributed by atoms with E-state index in [0.717, 1.165) is 19.3 Å². The Hall–Kier alpha value is -0.300. The Balaban J connectivity index is 0. The van der Waals surface area contributed by atoms with Gasteiger partial charge < -0.3 is 15.5 Å². The van der Waals surface area contributed by atoms with Crippen LogP contribution in [0.25, 0.3) is 0 Å². The van der Waals surface area contributed by atoms with Crippen molar-refractivity contribution >= 4 is 18.3 Å². The van der Waals surface area contributed by atoms with E-state index in [1.54, 1.807) is 0 Å². The molecule has 0 heterocycles. The van der Waals surface area contributed by atoms with Crippen molar-refractivity contribution in [3.05, 3.63) is 0 Å². The van der Waals surface area contributed by atoms with E-state index in [2.05, 4.69) is 16.4 Å². The van der Waals surface area contributed by atoms with Crippen LogP contribution in [0.4, 0.5) is 0 Å². The molecule has 0 aliphatic rings. The molecule has 0 aromatic rings. The first kappa shape index (κ1) is 28.9. The van der Waals surface area contributed by atoms with Gasteiger partial charge in [-0.2, -0.15) is 16.8 Å². The van der Waals surface area contributed by atoms with Crippen molar-refractivity contribution in [1.29, 1.82) is 0 Å². The summed E-state index contributed by atoms with van der Waals surface area (Å²) < 4.78 is 55.1. The van der Waals surface area contributed by atoms with Gasteiger partial charge in [-0.3, -0.25) is 8.74 Å². The average molecular weight is 436 g/mol. The number of aliphatic hydroxyl groups is 2. The molecule has 0 aliphatic carbocycles. The van der Waals surface area contributed by atoms with Crippen molar-refractivity contribution in [2.45, 2.75) is 71.1 Å². The van der Waals surface area contributed by atoms with E-state index < -0.39 is 18.3 Å². The maximum absolute atomic E-state index is 10.9. The van der Waals surface area contributed by atoms with Gasteiger partial charge in [0.15, 0.2) is 0 Å². The van der Waals surface area contributed by atoms with Crippen LogP contribution in [0.1, 0.15) is 71.1 Å². The van der Waals surface area contributed by atoms with Crippen LogP contribution in [-0.2, 0) is 22.5 Å². The molecule has 0 unspecified atom stereocenters. The first-order valence-corrected chi connectivity index (χ1v) is 12.9. The van der Waals surface area contributed by atoms with Gasteiger partial charge in [0.05, 0.1) is 19.8 Å². The molecule has 27 heavy (non-hydrogen) atoms. The third-order valence-electron chi connectivity index (χ3n) is 3.56. The molecule has 0 radical (unpaired) electrons. The maximum atomic E-state index is 10.9. The molecule has 0 amide bonds. The zero-order valence-electron chi connectivity index (χ0n) is 16.3. The molecule has 0 saturated carbocycles. The Kier molecular flexibility index (Phi) is 20.4. The number of rotatable bonds is 17. The summed E-state index contributed by atoms with van der Waals surface area (Å²) >= 11 is 0. The highest BCUT2D eigenvalue weighted by Gasteiger charge is 2.27. The molecular weight excluding hydrogens is 398 g/mol. The van der Waals surface area contributed by atoms with Gasteiger partial charge >= 0.3 is 18.3 Å². The molecule has 0 bridgehead atoms. The lowest BCUT2D eigenvalue weighted by Gasteiger charge is -2.03. The van der Waals surface area contributed by atoms with Gasteiger partial charge in [0.2, 0.25) is 0 Å². The Bertz CT molecular complexity index is 505. The molecule has 0 saturated heterocycles. The van der Waals surface area contributed by atoms with Gasteiger partial charge in [0.1, 0.15) is 0 Å². The molecule has 166 valence electrons. The number of unbranched alkanes of at least 4 members (excludes halogenated alkanes) is 9. The van der Waals surface area contributed by atoms with E-state index in [9.17, 15) is 16.8 Å². The molecule has 0 aliphatic heterocycles. The summed E-state index contributed by atoms with van der Waals surface area (Å²) in [7, 11) is -10.0. The number of nitrogens with one attached hydrogen (secondary N) is 1. The van der Waals surface area contributed by atoms with Gasteiger partial charge in [-0.1, -0.05) is 64.7 Å². The molecule has 0 aromatic heterocycles. The predicted octanol–water partition coefficient (Wildman–Crippen LogP) is 1.62. The molecular formula is C16H37NO8S2. The van der Waals surface area contributed by atoms with Crippen molar-refractivity contribution in [3.63, 3.8) is 0 Å². The molecule has 9 nitrogen and oxygen atoms in total. The Morgan fingerprint density at radius 1 is 0.741 bits per heavy atom. The van der Waals surface area contributed by atoms with Gasteiger partial charge in [0.25, 0.3) is 0 Å². The summed E-state index contributed by atoms with van der Waals surface area (Å²) in [5.41, 5.74) is 0. The normalized spacial score (nSPS) is 11.9. The summed E-state index contributed by atoms with van der Waals surface area (Å²) in [5.74, 6) is 0. The van der Waals surface area contributed by atoms with E-state index >= 15 is 0 Å². The fourth-order valence-corrected chi connectivity index (χ4v) is 3.11. The van der Waals surface area contributed by atoms with Crippen LogP contribution in [0.5, 0.6) is 0 Å². The smallest absolute Gasteiger partial charge is 0.395 e. The Labute approximate surface area is 163 Å². The first-order chi connectivity index (χ1) is 12.7. The highest BCUT2D eigenvalue weighted by molar-refractivity contribution is 8.63. The van der Waals surface area contributed by atoms with Crippen molar-refractivity contribution < 1.29 is 35.8 Å². The molecule has 0 fully saturated rings. The summed E-state index contributed by atoms with van der Waals surface area (Å²) in [6, 6.07) is 0. The first-order valence-electron chi connectivity index (χ1n) is 9.52. The average Bonchev–Trinajstić information content (AvgIpc) is 2.60. The molecule has 4 N–H and O–H groups in total. The summed E-state index contributed by atoms with van der Waals surface area (Å²) in [6.07, 6.45) is 10.8. The van der Waals surface area contributed by atoms with Crippen LogP contribution < -0.4 is 5.32 Å². The SMILES string of the molecule is CCCCCCCCCCCCOS(=O)(=O)S(=O)(=O)O.OCCNCCO. The van der Waals surface area contributed by atoms with Gasteiger partial charge in [-0.25, -0.2) is 0 Å². The lowest BCUT2D eigenvalue weighted by Crippen LogP contribution is -2.21. The van der Waals surface area contributed by atoms with Crippen molar-refractivity contribution in [1.82, 2.24) is 5.32 Å². The second-order valence-corrected chi connectivity index (χ2v) is 10.4. The lowest BCUT2D eigenvalue weighted by atomic mass is 10.1. The third kappa shape index (κ3) is 20.2. The summed E-state index contributed by atoms with van der Waals surface area (Å²) in [6.45, 7) is 3.39. The number of hydrogen-bond acceptors (Lipinski definition) is 8. The van der Waals surface area contributed by atoms with Crippen LogP contribution in [0.15, 0.2) is 0 Å². The topological polar surface area (TPSA) is 150 Å². The number of hydrogen-bond donors (Lipinski definition) is 4. The third-order valence-corrected chi connectivity index (χ3v) is 6.37. The van der Waals surface area contributed by atoms with Crippen LogP contribution in [0, 0.1) is 0 Å². The zero-order chi connectivity index (χ0) is 21.0. The minimum Gasteiger partial charge on any atom is -0.395 e. The minimum absolute atomic E-state index is 0.139. The Morgan fingerprint density at radius 3 is 1.52 bits per heavy atom. The van der Waals surface area contributed by atoms with E-state index in [1.807, 2.05) is 0 Å². The van der Waals surface area contributed by atoms with E-state index in [0.29, 0.717) is 19.5 Å². The van der Waals surface area contributed by atoms with Gasteiger partial charge in [-0.05, 0) is 6.42 Å². The van der Waals surface area contributed by atoms with Crippen molar-refractivity contribution in [2.24, 2.45) is 0 Å². The highest BCUT2D eigenvalue weighted by atomic mass is 33.2. The molecule has 0 aromatic carbocycles. The van der Waals surface area contributed by atoms with E-state index in [1.165, 1.54) is 38.5 Å². The molecule has 0 atom stereocenters. The van der Waals surface area contributed by atoms with E-state index in [4.69, 9.17) is 14.8 Å². The minimum atomic E-state index is -5.16. The second kappa shape index (κ2) is 19.0. The van der Waals surface area contributed by atoms with Crippen LogP contribution >= 0.6 is 0 Å². The highest BCUT2D eigenvalue weighted by Crippen LogP contribution is 2.11. The Morgan fingerprint density at radius 2 is 1.15 bits per heavy atom. The van der Waals surface area contributed by atoms with Gasteiger partial charge in [-0.15, -0.1) is 0 Å². The lowest BCUT2D eigenvalue weighted by molar-refractivity contribution is 0.266. The van der Waals surface area contributed by atoms with Crippen LogP contribution in [-0.4, -0.2) is 64.5 Å². The molecule has 0 rings (SSSR count). The predicted molar refractivity (Wildman–Crippen MR) is 105 cm³/mol. The maximum Gasteiger partial charge on any atom is 0.399 e. The summed E-state index contributed by atoms with van der Waals surface area (Å²) in [5, 5.41) is 19.1. The zero-order valence-corrected chi connectivity index (χ0v) is 17.9. The molecule has 0 spiro atoms. The fourth-order valence-electron chi connectivity index (χ4n) is 2.09. The monoisotopic (exact) mass is 435 g/mol. The number of aliphatic hydroxyl groups excluding tert-OH is 2. The molecule has 11 heteroatoms. The quantitative estimate of drug-likeness (QED) is 0.152. The van der Waals surface area contributed by atoms with Gasteiger partial charge in [0, 0.05) is 13.1 Å². The van der Waals surface area contributed by atoms with E-state index in [-0.39, 0.29) is 19.8 Å². The largest absolute Gasteiger partial charge is 0.399 e. The fraction of sp³-hybridized carbons (Fsp3) is 1.00. The summed E-state index contributed by atoms with van der Waals surface area (Å²) in [4.78, 5) is 0. The standard InChI is InChI=1S/C12H26O6S2.C4H11NO2/c1-2-3-4-5-6-7-8-9-10-11-12-18-20(16,17)19(13,14)15;6-3-1-5-2-4-7/h2-12H2,1H3,(H,13,14,15);5-7H,1-4H2. The second-order valence-electron chi connectivity index (χ2n) is 6.04.